The van der Waals surface area contributed by atoms with Gasteiger partial charge in [-0.1, -0.05) is 0 Å². The van der Waals surface area contributed by atoms with Gasteiger partial charge in [-0.15, -0.1) is 0 Å². The van der Waals surface area contributed by atoms with Gasteiger partial charge in [-0.2, -0.15) is 0 Å². The predicted octanol–water partition coefficient (Wildman–Crippen LogP) is 9.39. The zero-order valence-electron chi connectivity index (χ0n) is 17.6. The summed E-state index contributed by atoms with van der Waals surface area (Å²) in [5.41, 5.74) is 0. The predicted molar refractivity (Wildman–Crippen MR) is 123 cm³/mol. The second-order valence-electron chi connectivity index (χ2n) is 8.25. The second kappa shape index (κ2) is 15.0. The molecule has 0 aliphatic rings. The van der Waals surface area contributed by atoms with E-state index in [1.807, 2.05) is 0 Å². The molecule has 0 aromatic rings. The van der Waals surface area contributed by atoms with Gasteiger partial charge in [-0.3, -0.25) is 0 Å². The van der Waals surface area contributed by atoms with Crippen LogP contribution in [-0.4, -0.2) is 24.6 Å². The second-order valence-corrected chi connectivity index (χ2v) is 19.7. The van der Waals surface area contributed by atoms with Crippen molar-refractivity contribution in [1.82, 2.24) is 0 Å². The van der Waals surface area contributed by atoms with Crippen molar-refractivity contribution < 1.29 is 0 Å². The van der Waals surface area contributed by atoms with Crippen molar-refractivity contribution in [2.75, 3.05) is 24.6 Å². The first-order valence-corrected chi connectivity index (χ1v) is 16.3. The van der Waals surface area contributed by atoms with Gasteiger partial charge >= 0.3 is 163 Å². The number of hydrogen-bond donors (Lipinski definition) is 0. The summed E-state index contributed by atoms with van der Waals surface area (Å²) < 4.78 is 0. The minimum absolute atomic E-state index is 1.36. The fourth-order valence-electron chi connectivity index (χ4n) is 4.03. The molecule has 0 aromatic heterocycles. The Kier molecular flexibility index (Phi) is 15.6. The fourth-order valence-corrected chi connectivity index (χ4v) is 12.5. The molecule has 0 unspecified atom stereocenters. The summed E-state index contributed by atoms with van der Waals surface area (Å²) in [6.45, 7) is 9.38. The third kappa shape index (κ3) is 11.5. The number of hydrogen-bond acceptors (Lipinski definition) is 0. The molecule has 148 valence electrons. The molecule has 0 atom stereocenters. The van der Waals surface area contributed by atoms with Gasteiger partial charge in [0.1, 0.15) is 0 Å². The molecule has 0 aromatic carbocycles. The van der Waals surface area contributed by atoms with E-state index in [0.29, 0.717) is 0 Å². The monoisotopic (exact) mass is 422 g/mol. The van der Waals surface area contributed by atoms with Crippen LogP contribution < -0.4 is 0 Å². The van der Waals surface area contributed by atoms with Crippen molar-refractivity contribution in [2.24, 2.45) is 0 Å². The van der Waals surface area contributed by atoms with Crippen LogP contribution in [0.5, 0.6) is 0 Å². The van der Waals surface area contributed by atoms with Gasteiger partial charge in [0.15, 0.2) is 0 Å². The van der Waals surface area contributed by atoms with E-state index >= 15 is 0 Å². The van der Waals surface area contributed by atoms with Crippen molar-refractivity contribution in [3.63, 3.8) is 0 Å². The van der Waals surface area contributed by atoms with Crippen molar-refractivity contribution >= 4 is 20.8 Å². The fraction of sp³-hybridized carbons (Fsp3) is 1.00. The minimum atomic E-state index is -1.64. The summed E-state index contributed by atoms with van der Waals surface area (Å²) in [5.74, 6) is 0. The quantitative estimate of drug-likeness (QED) is 0.152. The van der Waals surface area contributed by atoms with Gasteiger partial charge in [0.05, 0.1) is 0 Å². The van der Waals surface area contributed by atoms with E-state index in [2.05, 4.69) is 43.2 Å². The standard InChI is InChI=1S/C22H48BrP/c1-5-9-13-16-20-24(23,19-12-8-4,21-17-14-10-6-2)22-18-15-11-7-3/h5-22H2,1-4H3. The molecule has 0 saturated heterocycles. The molecule has 0 aliphatic carbocycles. The van der Waals surface area contributed by atoms with Crippen LogP contribution in [0.15, 0.2) is 0 Å². The Hall–Kier alpha value is 0.910. The van der Waals surface area contributed by atoms with E-state index < -0.39 is 5.31 Å². The average molecular weight is 424 g/mol. The molecule has 0 rings (SSSR count). The van der Waals surface area contributed by atoms with Gasteiger partial charge in [0.25, 0.3) is 0 Å². The summed E-state index contributed by atoms with van der Waals surface area (Å²) in [5, 5.41) is -1.64. The molecule has 0 saturated carbocycles. The summed E-state index contributed by atoms with van der Waals surface area (Å²) in [6.07, 6.45) is 26.1. The third-order valence-corrected chi connectivity index (χ3v) is 15.8. The molecule has 0 amide bonds. The van der Waals surface area contributed by atoms with Crippen LogP contribution in [0, 0.1) is 0 Å². The van der Waals surface area contributed by atoms with Crippen molar-refractivity contribution in [3.05, 3.63) is 0 Å². The first-order valence-electron chi connectivity index (χ1n) is 11.3. The molecule has 0 radical (unpaired) electrons. The number of unbranched alkanes of at least 4 members (excludes halogenated alkanes) is 10. The molecule has 0 nitrogen and oxygen atoms in total. The Morgan fingerprint density at radius 2 is 0.708 bits per heavy atom. The molecule has 0 aliphatic heterocycles. The Balaban J connectivity index is 4.85. The van der Waals surface area contributed by atoms with Crippen LogP contribution >= 0.6 is 20.8 Å². The molecular weight excluding hydrogens is 375 g/mol. The van der Waals surface area contributed by atoms with Crippen LogP contribution in [0.3, 0.4) is 0 Å². The van der Waals surface area contributed by atoms with Gasteiger partial charge in [-0.05, 0) is 0 Å². The van der Waals surface area contributed by atoms with E-state index in [1.54, 1.807) is 0 Å². The molecular formula is C22H48BrP. The van der Waals surface area contributed by atoms with Crippen LogP contribution in [0.4, 0.5) is 0 Å². The number of halogens is 1. The van der Waals surface area contributed by atoms with Gasteiger partial charge in [0.2, 0.25) is 0 Å². The van der Waals surface area contributed by atoms with E-state index in [-0.39, 0.29) is 0 Å². The molecule has 0 spiro atoms. The molecule has 24 heavy (non-hydrogen) atoms. The Morgan fingerprint density at radius 1 is 0.417 bits per heavy atom. The van der Waals surface area contributed by atoms with Gasteiger partial charge in [-0.25, -0.2) is 0 Å². The summed E-state index contributed by atoms with van der Waals surface area (Å²) in [7, 11) is 0. The Morgan fingerprint density at radius 3 is 1.00 bits per heavy atom. The first-order chi connectivity index (χ1) is 11.5. The zero-order chi connectivity index (χ0) is 18.2. The molecule has 2 heteroatoms. The van der Waals surface area contributed by atoms with Crippen molar-refractivity contribution in [3.8, 4) is 0 Å². The van der Waals surface area contributed by atoms with E-state index in [1.165, 1.54) is 115 Å². The van der Waals surface area contributed by atoms with Crippen LogP contribution in [0.2, 0.25) is 0 Å². The first kappa shape index (κ1) is 24.9. The van der Waals surface area contributed by atoms with Crippen molar-refractivity contribution in [2.45, 2.75) is 118 Å². The average Bonchev–Trinajstić information content (AvgIpc) is 2.59. The van der Waals surface area contributed by atoms with Crippen molar-refractivity contribution in [1.29, 1.82) is 0 Å². The molecule has 0 fully saturated rings. The molecule has 0 heterocycles. The van der Waals surface area contributed by atoms with Gasteiger partial charge < -0.3 is 0 Å². The Labute approximate surface area is 163 Å². The maximum absolute atomic E-state index is 4.58. The topological polar surface area (TPSA) is 0 Å². The zero-order valence-corrected chi connectivity index (χ0v) is 20.0. The van der Waals surface area contributed by atoms with E-state index in [4.69, 9.17) is 0 Å². The number of rotatable bonds is 18. The third-order valence-electron chi connectivity index (χ3n) is 5.78. The van der Waals surface area contributed by atoms with Crippen LogP contribution in [-0.2, 0) is 0 Å². The maximum atomic E-state index is 4.58. The summed E-state index contributed by atoms with van der Waals surface area (Å²) >= 11 is 4.58. The van der Waals surface area contributed by atoms with Crippen LogP contribution in [0.1, 0.15) is 118 Å². The normalized spacial score (nSPS) is 13.8. The Bertz CT molecular complexity index is 243. The van der Waals surface area contributed by atoms with Gasteiger partial charge in [0, 0.05) is 0 Å². The van der Waals surface area contributed by atoms with Crippen LogP contribution in [0.25, 0.3) is 0 Å². The SMILES string of the molecule is CCCCCCP(Br)(CCCC)(CCCCCC)CCCCCC. The van der Waals surface area contributed by atoms with E-state index in [0.717, 1.165) is 0 Å². The molecule has 0 N–H and O–H groups in total. The summed E-state index contributed by atoms with van der Waals surface area (Å²) in [6, 6.07) is 0. The van der Waals surface area contributed by atoms with E-state index in [9.17, 15) is 0 Å². The summed E-state index contributed by atoms with van der Waals surface area (Å²) in [4.78, 5) is 0. The molecule has 0 bridgehead atoms.